The Hall–Kier alpha value is -5.37. The number of nitrogens with one attached hydrogen (secondary N) is 2. The zero-order chi connectivity index (χ0) is 56.6. The lowest BCUT2D eigenvalue weighted by Crippen LogP contribution is -2.46. The molecule has 0 spiro atoms. The second kappa shape index (κ2) is 21.6. The molecule has 0 bridgehead atoms. The predicted octanol–water partition coefficient (Wildman–Crippen LogP) is -2.70. The number of nitrogens with two attached hydrogens (primary N) is 3. The number of imidazole rings is 3. The Kier molecular flexibility index (Phi) is 15.9. The molecule has 0 saturated carbocycles. The fraction of sp³-hybridized carbons (Fsp3) is 0.528. The van der Waals surface area contributed by atoms with Crippen LogP contribution in [0.5, 0.6) is 0 Å². The van der Waals surface area contributed by atoms with Gasteiger partial charge in [0.15, 0.2) is 41.4 Å². The minimum absolute atomic E-state index is 0.0148. The van der Waals surface area contributed by atoms with Gasteiger partial charge >= 0.3 is 36.7 Å². The van der Waals surface area contributed by atoms with Gasteiger partial charge in [0.2, 0.25) is 17.7 Å². The summed E-state index contributed by atoms with van der Waals surface area (Å²) in [6, 6.07) is 0. The van der Waals surface area contributed by atoms with Crippen molar-refractivity contribution >= 4 is 82.3 Å². The Bertz CT molecular complexity index is 3590. The van der Waals surface area contributed by atoms with E-state index < -0.39 is 135 Å². The SMILES string of the molecule is COC1[C@@H](OP(=O)(O)OC[C@H]2O[C@@H](n3cnc4c(=O)[nH]c(N)nc43)C(O)[C@H]2OC(C)C)[C@@H](/C=C/P(=O)(O)OP(=O)(O)OP(=O)(O)OC[C@H]2O[C@@H]([n+]3cn(C)c4c(=O)[nH]c(N)nc43)C(O)[C@H]2O)O[C@H]1n1cnc2c(N)ncnc21. The average Bonchev–Trinajstić information content (AvgIpc) is 4.27. The molecule has 6 aromatic heterocycles. The first-order valence-electron chi connectivity index (χ1n) is 22.6. The molecule has 9 heterocycles. The van der Waals surface area contributed by atoms with Crippen LogP contribution >= 0.6 is 31.1 Å². The largest absolute Gasteiger partial charge is 0.488 e. The summed E-state index contributed by atoms with van der Waals surface area (Å²) in [5, 5.41) is 33.0. The van der Waals surface area contributed by atoms with Crippen molar-refractivity contribution in [2.75, 3.05) is 37.5 Å². The minimum Gasteiger partial charge on any atom is -0.387 e. The van der Waals surface area contributed by atoms with Gasteiger partial charge in [-0.3, -0.25) is 51.4 Å². The van der Waals surface area contributed by atoms with E-state index in [9.17, 15) is 62.7 Å². The summed E-state index contributed by atoms with van der Waals surface area (Å²) in [5.74, 6) is -0.411. The van der Waals surface area contributed by atoms with Gasteiger partial charge < -0.3 is 75.8 Å². The molecule has 42 heteroatoms. The number of fused-ring (bicyclic) bond motifs is 3. The van der Waals surface area contributed by atoms with Crippen LogP contribution in [0.15, 0.2) is 46.8 Å². The van der Waals surface area contributed by atoms with Gasteiger partial charge in [0, 0.05) is 12.9 Å². The smallest absolute Gasteiger partial charge is 0.387 e. The van der Waals surface area contributed by atoms with Crippen molar-refractivity contribution < 1.29 is 104 Å². The Morgan fingerprint density at radius 2 is 1.41 bits per heavy atom. The van der Waals surface area contributed by atoms with Crippen LogP contribution in [-0.2, 0) is 71.2 Å². The number of nitrogen functional groups attached to an aromatic ring is 3. The van der Waals surface area contributed by atoms with Crippen LogP contribution in [-0.4, -0.2) is 170 Å². The summed E-state index contributed by atoms with van der Waals surface area (Å²) in [7, 11) is -20.4. The predicted molar refractivity (Wildman–Crippen MR) is 256 cm³/mol. The number of rotatable bonds is 20. The van der Waals surface area contributed by atoms with Crippen molar-refractivity contribution in [3.8, 4) is 0 Å². The number of hydrogen-bond acceptors (Lipinski definition) is 28. The third kappa shape index (κ3) is 11.6. The zero-order valence-corrected chi connectivity index (χ0v) is 44.1. The number of anilines is 3. The van der Waals surface area contributed by atoms with E-state index >= 15 is 0 Å². The Labute approximate surface area is 434 Å². The van der Waals surface area contributed by atoms with Gasteiger partial charge in [0.1, 0.15) is 66.8 Å². The van der Waals surface area contributed by atoms with Crippen molar-refractivity contribution in [2.45, 2.75) is 93.6 Å². The number of aromatic nitrogens is 12. The number of aliphatic hydroxyl groups is 3. The van der Waals surface area contributed by atoms with Crippen LogP contribution in [0.2, 0.25) is 0 Å². The van der Waals surface area contributed by atoms with Gasteiger partial charge in [-0.15, -0.1) is 0 Å². The molecule has 38 nitrogen and oxygen atoms in total. The molecule has 3 aliphatic heterocycles. The lowest BCUT2D eigenvalue weighted by Gasteiger charge is -2.26. The monoisotopic (exact) mass is 1180 g/mol. The molecule has 6 aromatic rings. The van der Waals surface area contributed by atoms with Crippen LogP contribution in [0.3, 0.4) is 0 Å². The minimum atomic E-state index is -6.13. The number of methoxy groups -OCH3 is 1. The summed E-state index contributed by atoms with van der Waals surface area (Å²) in [4.78, 5) is 96.8. The standard InChI is InChI=1S/C36H49N15O23P4/c1-13(2)68-23-16(71-33(22(23)54)50-11-43-18-28(50)44-35(38)46-30(18)55)8-66-76(59,60)72-24-14(69-34(25(24)65-4)49-10-42-17-26(37)40-9-41-27(17)49)5-6-75(57,58)73-78(63,64)74-77(61,62)67-7-15-20(52)21(53)32(70-15)51-12-48(3)19-29(51)45-36(39)47-31(19)56/h5-6,9-16,20-25,32-34,52-54H,7-8H2,1-4H3,(H11-,37,38,39,40,41,44,45,46,47,55,56,57,58,59,60,61,62,63,64)/p+1/b6-5+/t14-,15-,16-,20+,21?,22?,23+,24+,25?,32-,33-,34-/m1/s1. The van der Waals surface area contributed by atoms with E-state index in [2.05, 4.69) is 48.5 Å². The number of aliphatic hydroxyl groups excluding tert-OH is 3. The Morgan fingerprint density at radius 3 is 2.12 bits per heavy atom. The van der Waals surface area contributed by atoms with E-state index in [0.29, 0.717) is 6.08 Å². The van der Waals surface area contributed by atoms with Crippen LogP contribution in [0.4, 0.5) is 17.7 Å². The van der Waals surface area contributed by atoms with Gasteiger partial charge in [-0.25, -0.2) is 42.5 Å². The molecule has 0 aliphatic carbocycles. The van der Waals surface area contributed by atoms with Crippen LogP contribution in [0, 0.1) is 0 Å². The Morgan fingerprint density at radius 1 is 0.756 bits per heavy atom. The van der Waals surface area contributed by atoms with Gasteiger partial charge in [-0.05, 0) is 19.9 Å². The lowest BCUT2D eigenvalue weighted by atomic mass is 10.1. The number of ether oxygens (including phenoxy) is 5. The first kappa shape index (κ1) is 57.3. The molecule has 9 rings (SSSR count). The second-order valence-corrected chi connectivity index (χ2v) is 24.0. The van der Waals surface area contributed by atoms with Crippen LogP contribution in [0.1, 0.15) is 32.5 Å². The van der Waals surface area contributed by atoms with Crippen molar-refractivity contribution in [1.82, 2.24) is 53.6 Å². The van der Waals surface area contributed by atoms with Gasteiger partial charge in [-0.2, -0.15) is 9.29 Å². The number of H-pyrrole nitrogens is 2. The molecule has 426 valence electrons. The van der Waals surface area contributed by atoms with Crippen LogP contribution < -0.4 is 32.9 Å². The first-order chi connectivity index (χ1) is 36.6. The normalized spacial score (nSPS) is 29.9. The summed E-state index contributed by atoms with van der Waals surface area (Å²) in [5.41, 5.74) is 15.8. The molecule has 3 aliphatic rings. The van der Waals surface area contributed by atoms with Crippen molar-refractivity contribution in [3.63, 3.8) is 0 Å². The number of hydrogen-bond donors (Lipinski definition) is 12. The van der Waals surface area contributed by atoms with E-state index in [1.807, 2.05) is 0 Å². The number of nitrogens with zero attached hydrogens (tertiary/aromatic N) is 10. The third-order valence-electron chi connectivity index (χ3n) is 12.0. The molecular formula is C36H50N15O23P4+. The van der Waals surface area contributed by atoms with Crippen molar-refractivity contribution in [2.24, 2.45) is 7.05 Å². The number of aromatic amines is 2. The molecular weight excluding hydrogens is 1130 g/mol. The van der Waals surface area contributed by atoms with E-state index in [1.54, 1.807) is 13.8 Å². The molecule has 3 fully saturated rings. The molecule has 0 amide bonds. The summed E-state index contributed by atoms with van der Waals surface area (Å²) in [6.45, 7) is 1.30. The highest BCUT2D eigenvalue weighted by molar-refractivity contribution is 7.69. The van der Waals surface area contributed by atoms with E-state index in [1.165, 1.54) is 33.4 Å². The van der Waals surface area contributed by atoms with Crippen molar-refractivity contribution in [3.05, 3.63) is 57.9 Å². The number of phosphoric acid groups is 3. The molecule has 78 heavy (non-hydrogen) atoms. The molecule has 0 radical (unpaired) electrons. The number of aryl methyl sites for hydroxylation is 1. The quantitative estimate of drug-likeness (QED) is 0.0273. The summed E-state index contributed by atoms with van der Waals surface area (Å²) in [6.07, 6.45) is -14.1. The highest BCUT2D eigenvalue weighted by Crippen LogP contribution is 2.68. The highest BCUT2D eigenvalue weighted by Gasteiger charge is 2.53. The maximum atomic E-state index is 14.0. The maximum absolute atomic E-state index is 14.0. The van der Waals surface area contributed by atoms with E-state index in [-0.39, 0.29) is 57.0 Å². The topological polar surface area (TPSA) is 542 Å². The lowest BCUT2D eigenvalue weighted by molar-refractivity contribution is -0.745. The highest BCUT2D eigenvalue weighted by atomic mass is 31.3. The zero-order valence-electron chi connectivity index (χ0n) is 40.5. The van der Waals surface area contributed by atoms with E-state index in [0.717, 1.165) is 24.3 Å². The fourth-order valence-electron chi connectivity index (χ4n) is 8.77. The molecule has 15 N–H and O–H groups in total. The van der Waals surface area contributed by atoms with Crippen molar-refractivity contribution in [1.29, 1.82) is 0 Å². The van der Waals surface area contributed by atoms with Gasteiger partial charge in [0.25, 0.3) is 17.1 Å². The van der Waals surface area contributed by atoms with E-state index in [4.69, 9.17) is 54.5 Å². The molecule has 0 aromatic carbocycles. The molecule has 16 atom stereocenters. The molecule has 7 unspecified atom stereocenters. The second-order valence-electron chi connectivity index (χ2n) is 17.7. The summed E-state index contributed by atoms with van der Waals surface area (Å²) < 4.78 is 112. The van der Waals surface area contributed by atoms with Crippen LogP contribution in [0.25, 0.3) is 33.5 Å². The first-order valence-corrected chi connectivity index (χ1v) is 28.7. The molecule has 3 saturated heterocycles. The maximum Gasteiger partial charge on any atom is 0.488 e. The Balaban J connectivity index is 0.899. The third-order valence-corrected chi connectivity index (χ3v) is 17.4. The van der Waals surface area contributed by atoms with Gasteiger partial charge in [-0.1, -0.05) is 4.98 Å². The van der Waals surface area contributed by atoms with Gasteiger partial charge in [0.05, 0.1) is 39.0 Å². The number of phosphoric ester groups is 2. The summed E-state index contributed by atoms with van der Waals surface area (Å²) >= 11 is 0. The fourth-order valence-corrected chi connectivity index (χ4v) is 13.5. The average molecular weight is 1180 g/mol.